The van der Waals surface area contributed by atoms with E-state index >= 15 is 0 Å². The number of rotatable bonds is 3. The van der Waals surface area contributed by atoms with E-state index < -0.39 is 0 Å². The number of nitrogens with two attached hydrogens (primary N) is 1. The predicted octanol–water partition coefficient (Wildman–Crippen LogP) is 2.03. The molecule has 1 amide bonds. The second-order valence-electron chi connectivity index (χ2n) is 5.89. The molecule has 0 bridgehead atoms. The second-order valence-corrected chi connectivity index (χ2v) is 5.89. The van der Waals surface area contributed by atoms with Gasteiger partial charge in [-0.3, -0.25) is 4.79 Å². The second kappa shape index (κ2) is 5.39. The summed E-state index contributed by atoms with van der Waals surface area (Å²) in [7, 11) is 0. The van der Waals surface area contributed by atoms with Crippen molar-refractivity contribution in [3.63, 3.8) is 0 Å². The van der Waals surface area contributed by atoms with Crippen LogP contribution in [-0.2, 0) is 11.2 Å². The van der Waals surface area contributed by atoms with Gasteiger partial charge in [-0.1, -0.05) is 30.3 Å². The fourth-order valence-electron chi connectivity index (χ4n) is 3.83. The number of oxime groups is 1. The molecule has 2 aliphatic rings. The smallest absolute Gasteiger partial charge is 0.223 e. The lowest BCUT2D eigenvalue weighted by Gasteiger charge is -2.38. The van der Waals surface area contributed by atoms with Gasteiger partial charge in [0.25, 0.3) is 0 Å². The monoisotopic (exact) mass is 287 g/mol. The number of amidine groups is 1. The summed E-state index contributed by atoms with van der Waals surface area (Å²) in [6.45, 7) is 2.90. The van der Waals surface area contributed by atoms with Crippen LogP contribution >= 0.6 is 0 Å². The maximum atomic E-state index is 12.2. The van der Waals surface area contributed by atoms with Gasteiger partial charge in [-0.05, 0) is 36.3 Å². The maximum absolute atomic E-state index is 12.2. The molecular formula is C16H21N3O2. The van der Waals surface area contributed by atoms with Crippen LogP contribution in [0.5, 0.6) is 0 Å². The zero-order chi connectivity index (χ0) is 15.0. The Balaban J connectivity index is 2.05. The Labute approximate surface area is 124 Å². The first-order valence-corrected chi connectivity index (χ1v) is 7.56. The van der Waals surface area contributed by atoms with Crippen LogP contribution in [0.3, 0.4) is 0 Å². The number of likely N-dealkylation sites (tertiary alicyclic amines) is 1. The Hall–Kier alpha value is -2.04. The molecule has 1 aromatic rings. The van der Waals surface area contributed by atoms with Crippen LogP contribution in [0, 0.1) is 5.92 Å². The molecule has 21 heavy (non-hydrogen) atoms. The Bertz CT molecular complexity index is 597. The van der Waals surface area contributed by atoms with Crippen LogP contribution in [-0.4, -0.2) is 28.4 Å². The van der Waals surface area contributed by atoms with Crippen molar-refractivity contribution in [3.05, 3.63) is 34.9 Å². The molecule has 3 rings (SSSR count). The molecule has 0 aromatic heterocycles. The minimum absolute atomic E-state index is 0.152. The van der Waals surface area contributed by atoms with Gasteiger partial charge >= 0.3 is 0 Å². The van der Waals surface area contributed by atoms with Crippen LogP contribution in [0.1, 0.15) is 48.9 Å². The molecule has 1 aliphatic heterocycles. The van der Waals surface area contributed by atoms with Crippen molar-refractivity contribution in [2.45, 2.75) is 38.6 Å². The van der Waals surface area contributed by atoms with Gasteiger partial charge in [-0.25, -0.2) is 0 Å². The van der Waals surface area contributed by atoms with Crippen molar-refractivity contribution in [3.8, 4) is 0 Å². The van der Waals surface area contributed by atoms with E-state index in [9.17, 15) is 4.79 Å². The van der Waals surface area contributed by atoms with Gasteiger partial charge in [0.05, 0.1) is 6.04 Å². The van der Waals surface area contributed by atoms with Crippen LogP contribution in [0.15, 0.2) is 23.4 Å². The largest absolute Gasteiger partial charge is 0.409 e. The minimum atomic E-state index is 0.152. The Morgan fingerprint density at radius 1 is 1.52 bits per heavy atom. The third-order valence-corrected chi connectivity index (χ3v) is 4.68. The zero-order valence-corrected chi connectivity index (χ0v) is 12.2. The molecule has 1 aromatic carbocycles. The molecule has 0 saturated carbocycles. The lowest BCUT2D eigenvalue weighted by atomic mass is 9.89. The lowest BCUT2D eigenvalue weighted by molar-refractivity contribution is -0.138. The third-order valence-electron chi connectivity index (χ3n) is 4.68. The number of fused-ring (bicyclic) bond motifs is 3. The fraction of sp³-hybridized carbons (Fsp3) is 0.500. The Kier molecular flexibility index (Phi) is 3.57. The Morgan fingerprint density at radius 3 is 3.05 bits per heavy atom. The summed E-state index contributed by atoms with van der Waals surface area (Å²) in [5.41, 5.74) is 8.91. The van der Waals surface area contributed by atoms with Gasteiger partial charge in [0.2, 0.25) is 5.91 Å². The summed E-state index contributed by atoms with van der Waals surface area (Å²) < 4.78 is 0. The van der Waals surface area contributed by atoms with Crippen molar-refractivity contribution in [2.75, 3.05) is 6.54 Å². The van der Waals surface area contributed by atoms with Gasteiger partial charge in [-0.2, -0.15) is 0 Å². The van der Waals surface area contributed by atoms with Gasteiger partial charge in [-0.15, -0.1) is 0 Å². The summed E-state index contributed by atoms with van der Waals surface area (Å²) >= 11 is 0. The van der Waals surface area contributed by atoms with Crippen LogP contribution in [0.25, 0.3) is 0 Å². The number of carbonyl (C=O) groups excluding carboxylic acids is 1. The van der Waals surface area contributed by atoms with Crippen LogP contribution in [0.2, 0.25) is 0 Å². The minimum Gasteiger partial charge on any atom is -0.409 e. The maximum Gasteiger partial charge on any atom is 0.223 e. The molecule has 1 fully saturated rings. The predicted molar refractivity (Wildman–Crippen MR) is 80.1 cm³/mol. The first-order chi connectivity index (χ1) is 10.2. The molecule has 0 radical (unpaired) electrons. The fourth-order valence-corrected chi connectivity index (χ4v) is 3.83. The summed E-state index contributed by atoms with van der Waals surface area (Å²) in [6, 6.07) is 6.05. The number of carbonyl (C=O) groups is 1. The summed E-state index contributed by atoms with van der Waals surface area (Å²) in [4.78, 5) is 14.3. The molecule has 5 heteroatoms. The van der Waals surface area contributed by atoms with Crippen molar-refractivity contribution in [1.29, 1.82) is 0 Å². The van der Waals surface area contributed by atoms with Crippen molar-refractivity contribution < 1.29 is 10.0 Å². The van der Waals surface area contributed by atoms with E-state index in [1.165, 1.54) is 5.56 Å². The molecular weight excluding hydrogens is 266 g/mol. The average molecular weight is 287 g/mol. The lowest BCUT2D eigenvalue weighted by Crippen LogP contribution is -2.41. The molecule has 2 atom stereocenters. The van der Waals surface area contributed by atoms with E-state index in [4.69, 9.17) is 10.9 Å². The number of piperidine rings is 1. The first-order valence-electron chi connectivity index (χ1n) is 7.56. The standard InChI is InChI=1S/C16H21N3O2/c1-2-8-19-14(20)7-6-10-9-13-11(15(10)19)4-3-5-12(13)16(17)18-21/h3-5,10,15,21H,2,6-9H2,1H3,(H2,17,18). The summed E-state index contributed by atoms with van der Waals surface area (Å²) in [5.74, 6) is 0.857. The van der Waals surface area contributed by atoms with E-state index in [1.54, 1.807) is 0 Å². The van der Waals surface area contributed by atoms with Crippen molar-refractivity contribution in [2.24, 2.45) is 16.8 Å². The highest BCUT2D eigenvalue weighted by molar-refractivity contribution is 5.99. The molecule has 1 aliphatic carbocycles. The van der Waals surface area contributed by atoms with E-state index in [0.29, 0.717) is 12.3 Å². The topological polar surface area (TPSA) is 78.9 Å². The molecule has 5 nitrogen and oxygen atoms in total. The quantitative estimate of drug-likeness (QED) is 0.386. The molecule has 3 N–H and O–H groups in total. The van der Waals surface area contributed by atoms with Gasteiger partial charge < -0.3 is 15.8 Å². The molecule has 112 valence electrons. The van der Waals surface area contributed by atoms with Crippen molar-refractivity contribution >= 4 is 11.7 Å². The molecule has 0 spiro atoms. The van der Waals surface area contributed by atoms with Crippen LogP contribution < -0.4 is 5.73 Å². The van der Waals surface area contributed by atoms with Gasteiger partial charge in [0.15, 0.2) is 5.84 Å². The van der Waals surface area contributed by atoms with E-state index in [2.05, 4.69) is 18.1 Å². The SMILES string of the molecule is CCCN1C(=O)CCC2Cc3c(C(N)=NO)cccc3C21. The van der Waals surface area contributed by atoms with Crippen LogP contribution in [0.4, 0.5) is 0 Å². The number of hydrogen-bond acceptors (Lipinski definition) is 3. The van der Waals surface area contributed by atoms with E-state index in [-0.39, 0.29) is 17.8 Å². The summed E-state index contributed by atoms with van der Waals surface area (Å²) in [5, 5.41) is 12.1. The highest BCUT2D eigenvalue weighted by Gasteiger charge is 2.42. The number of benzene rings is 1. The first kappa shape index (κ1) is 13.9. The Morgan fingerprint density at radius 2 is 2.33 bits per heavy atom. The highest BCUT2D eigenvalue weighted by Crippen LogP contribution is 2.46. The van der Waals surface area contributed by atoms with E-state index in [1.807, 2.05) is 17.0 Å². The van der Waals surface area contributed by atoms with Crippen molar-refractivity contribution in [1.82, 2.24) is 4.90 Å². The zero-order valence-electron chi connectivity index (χ0n) is 12.2. The van der Waals surface area contributed by atoms with E-state index in [0.717, 1.165) is 36.9 Å². The highest BCUT2D eigenvalue weighted by atomic mass is 16.4. The van der Waals surface area contributed by atoms with Gasteiger partial charge in [0, 0.05) is 18.5 Å². The third kappa shape index (κ3) is 2.17. The normalized spacial score (nSPS) is 24.9. The molecule has 1 saturated heterocycles. The molecule has 1 heterocycles. The number of amides is 1. The number of nitrogens with zero attached hydrogens (tertiary/aromatic N) is 2. The average Bonchev–Trinajstić information content (AvgIpc) is 2.88. The number of hydrogen-bond donors (Lipinski definition) is 2. The van der Waals surface area contributed by atoms with Gasteiger partial charge in [0.1, 0.15) is 0 Å². The molecule has 2 unspecified atom stereocenters. The summed E-state index contributed by atoms with van der Waals surface area (Å²) in [6.07, 6.45) is 3.42.